The first-order valence-corrected chi connectivity index (χ1v) is 15.0. The maximum atomic E-state index is 5.09. The molecular formula is C39H24N2S. The lowest BCUT2D eigenvalue weighted by molar-refractivity contribution is 1.18. The maximum Gasteiger partial charge on any atom is 0.125 e. The molecule has 0 aliphatic heterocycles. The molecule has 0 radical (unpaired) electrons. The summed E-state index contributed by atoms with van der Waals surface area (Å²) >= 11 is 1.77. The van der Waals surface area contributed by atoms with E-state index in [4.69, 9.17) is 4.98 Å². The van der Waals surface area contributed by atoms with Gasteiger partial charge in [-0.2, -0.15) is 0 Å². The van der Waals surface area contributed by atoms with Gasteiger partial charge in [0, 0.05) is 42.9 Å². The standard InChI is InChI=1S/C39H24N2S/c1-5-19-33-31(17-1)37(38-32-18-4-8-22-36(32)42-39(38)40-33)27-13-9-11-25(23-27)26-12-10-14-28(24-26)41-34-20-6-2-15-29(34)30-16-3-7-21-35(30)41/h1-24H. The largest absolute Gasteiger partial charge is 0.309 e. The molecule has 0 aliphatic carbocycles. The molecular weight excluding hydrogens is 529 g/mol. The highest BCUT2D eigenvalue weighted by molar-refractivity contribution is 7.25. The monoisotopic (exact) mass is 552 g/mol. The molecule has 0 amide bonds. The molecule has 196 valence electrons. The molecule has 0 aliphatic rings. The van der Waals surface area contributed by atoms with Crippen molar-refractivity contribution in [2.75, 3.05) is 0 Å². The number of benzene rings is 6. The Kier molecular flexibility index (Phi) is 5.10. The second-order valence-electron chi connectivity index (χ2n) is 10.8. The molecule has 0 atom stereocenters. The van der Waals surface area contributed by atoms with Crippen molar-refractivity contribution in [2.24, 2.45) is 0 Å². The Balaban J connectivity index is 1.26. The first-order chi connectivity index (χ1) is 20.8. The SMILES string of the molecule is c1cc(-c2cccc(-n3c4ccccc4c4ccccc43)c2)cc(-c2c3ccccc3nc3sc4ccccc4c23)c1. The second kappa shape index (κ2) is 9.13. The average molecular weight is 553 g/mol. The van der Waals surface area contributed by atoms with E-state index in [0.29, 0.717) is 0 Å². The van der Waals surface area contributed by atoms with Gasteiger partial charge in [-0.25, -0.2) is 4.98 Å². The van der Waals surface area contributed by atoms with Gasteiger partial charge in [0.2, 0.25) is 0 Å². The van der Waals surface area contributed by atoms with Crippen LogP contribution in [0.1, 0.15) is 0 Å². The number of hydrogen-bond donors (Lipinski definition) is 0. The fourth-order valence-electron chi connectivity index (χ4n) is 6.56. The van der Waals surface area contributed by atoms with Crippen LogP contribution in [0.5, 0.6) is 0 Å². The molecule has 3 heteroatoms. The minimum atomic E-state index is 1.03. The third-order valence-corrected chi connectivity index (χ3v) is 9.46. The predicted octanol–water partition coefficient (Wildman–Crippen LogP) is 11.0. The van der Waals surface area contributed by atoms with E-state index in [0.717, 1.165) is 16.0 Å². The van der Waals surface area contributed by atoms with Crippen LogP contribution in [0, 0.1) is 0 Å². The van der Waals surface area contributed by atoms with E-state index in [1.54, 1.807) is 11.3 Å². The minimum absolute atomic E-state index is 1.03. The van der Waals surface area contributed by atoms with Crippen molar-refractivity contribution < 1.29 is 0 Å². The molecule has 3 aromatic heterocycles. The number of fused-ring (bicyclic) bond motifs is 7. The zero-order valence-electron chi connectivity index (χ0n) is 22.7. The van der Waals surface area contributed by atoms with Gasteiger partial charge < -0.3 is 4.57 Å². The number of thiophene rings is 1. The summed E-state index contributed by atoms with van der Waals surface area (Å²) in [5.41, 5.74) is 9.50. The first-order valence-electron chi connectivity index (χ1n) is 14.2. The van der Waals surface area contributed by atoms with E-state index in [2.05, 4.69) is 150 Å². The molecule has 2 nitrogen and oxygen atoms in total. The van der Waals surface area contributed by atoms with Gasteiger partial charge >= 0.3 is 0 Å². The second-order valence-corrected chi connectivity index (χ2v) is 11.8. The summed E-state index contributed by atoms with van der Waals surface area (Å²) in [5, 5.41) is 6.24. The summed E-state index contributed by atoms with van der Waals surface area (Å²) in [5.74, 6) is 0. The summed E-state index contributed by atoms with van der Waals surface area (Å²) < 4.78 is 3.65. The lowest BCUT2D eigenvalue weighted by atomic mass is 9.93. The number of aromatic nitrogens is 2. The van der Waals surface area contributed by atoms with Gasteiger partial charge in [0.15, 0.2) is 0 Å². The molecule has 0 N–H and O–H groups in total. The van der Waals surface area contributed by atoms with Crippen LogP contribution in [-0.4, -0.2) is 9.55 Å². The van der Waals surface area contributed by atoms with Crippen LogP contribution in [0.2, 0.25) is 0 Å². The molecule has 0 unspecified atom stereocenters. The summed E-state index contributed by atoms with van der Waals surface area (Å²) in [6, 6.07) is 52.5. The molecule has 3 heterocycles. The highest BCUT2D eigenvalue weighted by Gasteiger charge is 2.17. The van der Waals surface area contributed by atoms with Gasteiger partial charge in [-0.05, 0) is 59.2 Å². The van der Waals surface area contributed by atoms with Crippen LogP contribution in [0.15, 0.2) is 146 Å². The van der Waals surface area contributed by atoms with Crippen LogP contribution < -0.4 is 0 Å². The van der Waals surface area contributed by atoms with Crippen molar-refractivity contribution in [3.63, 3.8) is 0 Å². The molecule has 0 saturated heterocycles. The number of rotatable bonds is 3. The van der Waals surface area contributed by atoms with Crippen molar-refractivity contribution in [2.45, 2.75) is 0 Å². The summed E-state index contributed by atoms with van der Waals surface area (Å²) in [4.78, 5) is 6.17. The summed E-state index contributed by atoms with van der Waals surface area (Å²) in [6.07, 6.45) is 0. The number of pyridine rings is 1. The molecule has 42 heavy (non-hydrogen) atoms. The highest BCUT2D eigenvalue weighted by atomic mass is 32.1. The van der Waals surface area contributed by atoms with Crippen molar-refractivity contribution in [3.05, 3.63) is 146 Å². The van der Waals surface area contributed by atoms with Gasteiger partial charge in [0.1, 0.15) is 4.83 Å². The summed E-state index contributed by atoms with van der Waals surface area (Å²) in [6.45, 7) is 0. The fourth-order valence-corrected chi connectivity index (χ4v) is 7.65. The molecule has 6 aromatic carbocycles. The van der Waals surface area contributed by atoms with Gasteiger partial charge in [-0.3, -0.25) is 0 Å². The van der Waals surface area contributed by atoms with Gasteiger partial charge in [0.25, 0.3) is 0 Å². The van der Waals surface area contributed by atoms with Crippen molar-refractivity contribution in [1.82, 2.24) is 9.55 Å². The lowest BCUT2D eigenvalue weighted by Gasteiger charge is -2.13. The quantitative estimate of drug-likeness (QED) is 0.213. The average Bonchev–Trinajstić information content (AvgIpc) is 3.59. The predicted molar refractivity (Wildman–Crippen MR) is 180 cm³/mol. The molecule has 9 rings (SSSR count). The Morgan fingerprint density at radius 3 is 1.86 bits per heavy atom. The van der Waals surface area contributed by atoms with E-state index in [1.807, 2.05) is 0 Å². The third-order valence-electron chi connectivity index (χ3n) is 8.39. The van der Waals surface area contributed by atoms with Crippen LogP contribution >= 0.6 is 11.3 Å². The lowest BCUT2D eigenvalue weighted by Crippen LogP contribution is -1.94. The smallest absolute Gasteiger partial charge is 0.125 e. The molecule has 9 aromatic rings. The Morgan fingerprint density at radius 2 is 1.07 bits per heavy atom. The van der Waals surface area contributed by atoms with E-state index in [1.165, 1.54) is 64.9 Å². The van der Waals surface area contributed by atoms with E-state index in [9.17, 15) is 0 Å². The number of hydrogen-bond acceptors (Lipinski definition) is 2. The Labute approximate surface area is 246 Å². The zero-order valence-corrected chi connectivity index (χ0v) is 23.5. The van der Waals surface area contributed by atoms with Gasteiger partial charge in [-0.15, -0.1) is 11.3 Å². The number of nitrogens with zero attached hydrogens (tertiary/aromatic N) is 2. The van der Waals surface area contributed by atoms with Crippen LogP contribution in [-0.2, 0) is 0 Å². The zero-order chi connectivity index (χ0) is 27.6. The minimum Gasteiger partial charge on any atom is -0.309 e. The molecule has 0 bridgehead atoms. The first kappa shape index (κ1) is 23.5. The Bertz CT molecular complexity index is 2430. The van der Waals surface area contributed by atoms with Crippen LogP contribution in [0.3, 0.4) is 0 Å². The molecule has 0 saturated carbocycles. The van der Waals surface area contributed by atoms with E-state index < -0.39 is 0 Å². The van der Waals surface area contributed by atoms with Crippen LogP contribution in [0.25, 0.3) is 81.0 Å². The van der Waals surface area contributed by atoms with Crippen molar-refractivity contribution >= 4 is 64.3 Å². The normalized spacial score (nSPS) is 11.8. The highest BCUT2D eigenvalue weighted by Crippen LogP contribution is 2.43. The number of para-hydroxylation sites is 3. The Morgan fingerprint density at radius 1 is 0.476 bits per heavy atom. The van der Waals surface area contributed by atoms with Crippen molar-refractivity contribution in [1.29, 1.82) is 0 Å². The molecule has 0 spiro atoms. The molecule has 0 fully saturated rings. The fraction of sp³-hybridized carbons (Fsp3) is 0. The van der Waals surface area contributed by atoms with Crippen LogP contribution in [0.4, 0.5) is 0 Å². The topological polar surface area (TPSA) is 17.8 Å². The maximum absolute atomic E-state index is 5.09. The van der Waals surface area contributed by atoms with Crippen molar-refractivity contribution in [3.8, 4) is 27.9 Å². The third kappa shape index (κ3) is 3.47. The van der Waals surface area contributed by atoms with E-state index in [-0.39, 0.29) is 0 Å². The Hall–Kier alpha value is -5.25. The van der Waals surface area contributed by atoms with E-state index >= 15 is 0 Å². The summed E-state index contributed by atoms with van der Waals surface area (Å²) in [7, 11) is 0. The van der Waals surface area contributed by atoms with Gasteiger partial charge in [-0.1, -0.05) is 103 Å². The van der Waals surface area contributed by atoms with Gasteiger partial charge in [0.05, 0.1) is 16.6 Å².